The number of rotatable bonds is 5. The molecule has 0 radical (unpaired) electrons. The third kappa shape index (κ3) is 3.21. The van der Waals surface area contributed by atoms with E-state index in [4.69, 9.17) is 10.1 Å². The first-order valence-corrected chi connectivity index (χ1v) is 10.4. The molecular weight excluding hydrogens is 404 g/mol. The summed E-state index contributed by atoms with van der Waals surface area (Å²) >= 11 is 0. The zero-order chi connectivity index (χ0) is 22.3. The van der Waals surface area contributed by atoms with Gasteiger partial charge in [0.25, 0.3) is 0 Å². The number of nitriles is 1. The van der Waals surface area contributed by atoms with Crippen molar-refractivity contribution in [3.63, 3.8) is 0 Å². The largest absolute Gasteiger partial charge is 0.343 e. The number of nitrogens with one attached hydrogen (secondary N) is 1. The van der Waals surface area contributed by atoms with E-state index in [1.807, 2.05) is 41.2 Å². The zero-order valence-electron chi connectivity index (χ0n) is 17.9. The number of pyridine rings is 2. The fourth-order valence-electron chi connectivity index (χ4n) is 4.43. The van der Waals surface area contributed by atoms with E-state index in [9.17, 15) is 10.1 Å². The SMILES string of the molecule is CC(=O)N(C)[C@H]1C[C@](CC#N)(n2ccc(-c3nc(-c4cc[nH]n4)cc4ncccc34)n2)C1. The number of aromatic nitrogens is 6. The first-order valence-electron chi connectivity index (χ1n) is 10.4. The van der Waals surface area contributed by atoms with Gasteiger partial charge in [0.15, 0.2) is 0 Å². The molecule has 1 aliphatic carbocycles. The predicted octanol–water partition coefficient (Wildman–Crippen LogP) is 3.13. The van der Waals surface area contributed by atoms with Crippen LogP contribution < -0.4 is 0 Å². The molecule has 1 amide bonds. The minimum absolute atomic E-state index is 0.0278. The van der Waals surface area contributed by atoms with E-state index < -0.39 is 5.54 Å². The molecule has 9 nitrogen and oxygen atoms in total. The highest BCUT2D eigenvalue weighted by Gasteiger charge is 2.48. The molecule has 1 saturated carbocycles. The summed E-state index contributed by atoms with van der Waals surface area (Å²) < 4.78 is 1.88. The minimum Gasteiger partial charge on any atom is -0.343 e. The van der Waals surface area contributed by atoms with E-state index in [0.717, 1.165) is 22.3 Å². The molecular formula is C23H22N8O. The second-order valence-electron chi connectivity index (χ2n) is 8.28. The van der Waals surface area contributed by atoms with Gasteiger partial charge in [-0.2, -0.15) is 15.5 Å². The molecule has 4 aromatic rings. The Kier molecular flexibility index (Phi) is 4.70. The van der Waals surface area contributed by atoms with Gasteiger partial charge >= 0.3 is 0 Å². The van der Waals surface area contributed by atoms with Gasteiger partial charge in [-0.1, -0.05) is 0 Å². The van der Waals surface area contributed by atoms with Crippen molar-refractivity contribution in [3.8, 4) is 28.8 Å². The second-order valence-corrected chi connectivity index (χ2v) is 8.28. The summed E-state index contributed by atoms with van der Waals surface area (Å²) in [5.74, 6) is 0.0278. The van der Waals surface area contributed by atoms with Gasteiger partial charge in [-0.15, -0.1) is 0 Å². The average Bonchev–Trinajstić information content (AvgIpc) is 3.47. The lowest BCUT2D eigenvalue weighted by molar-refractivity contribution is -0.134. The summed E-state index contributed by atoms with van der Waals surface area (Å²) in [5, 5.41) is 22.3. The van der Waals surface area contributed by atoms with E-state index in [-0.39, 0.29) is 11.9 Å². The lowest BCUT2D eigenvalue weighted by Gasteiger charge is -2.49. The summed E-state index contributed by atoms with van der Waals surface area (Å²) in [4.78, 5) is 22.8. The molecule has 0 bridgehead atoms. The highest BCUT2D eigenvalue weighted by molar-refractivity contribution is 5.93. The van der Waals surface area contributed by atoms with Crippen LogP contribution in [0.4, 0.5) is 0 Å². The van der Waals surface area contributed by atoms with Crippen molar-refractivity contribution in [1.29, 1.82) is 5.26 Å². The van der Waals surface area contributed by atoms with Crippen molar-refractivity contribution in [2.45, 2.75) is 37.8 Å². The molecule has 1 fully saturated rings. The van der Waals surface area contributed by atoms with Crippen molar-refractivity contribution < 1.29 is 4.79 Å². The maximum Gasteiger partial charge on any atom is 0.219 e. The zero-order valence-corrected chi connectivity index (χ0v) is 17.9. The predicted molar refractivity (Wildman–Crippen MR) is 118 cm³/mol. The highest BCUT2D eigenvalue weighted by Crippen LogP contribution is 2.44. The summed E-state index contributed by atoms with van der Waals surface area (Å²) in [6, 6.07) is 12.0. The van der Waals surface area contributed by atoms with E-state index >= 15 is 0 Å². The monoisotopic (exact) mass is 426 g/mol. The van der Waals surface area contributed by atoms with Gasteiger partial charge in [0, 0.05) is 44.0 Å². The molecule has 0 aliphatic heterocycles. The first-order chi connectivity index (χ1) is 15.5. The number of carbonyl (C=O) groups excluding carboxylic acids is 1. The molecule has 0 saturated heterocycles. The van der Waals surface area contributed by atoms with Crippen molar-refractivity contribution in [3.05, 3.63) is 48.9 Å². The lowest BCUT2D eigenvalue weighted by atomic mass is 9.70. The molecule has 0 unspecified atom stereocenters. The third-order valence-electron chi connectivity index (χ3n) is 6.36. The molecule has 9 heteroatoms. The Balaban J connectivity index is 1.55. The van der Waals surface area contributed by atoms with Crippen LogP contribution in [0.5, 0.6) is 0 Å². The maximum absolute atomic E-state index is 11.7. The quantitative estimate of drug-likeness (QED) is 0.524. The fourth-order valence-corrected chi connectivity index (χ4v) is 4.43. The molecule has 1 aliphatic rings. The summed E-state index contributed by atoms with van der Waals surface area (Å²) in [6.45, 7) is 1.56. The van der Waals surface area contributed by atoms with Gasteiger partial charge in [0.2, 0.25) is 5.91 Å². The van der Waals surface area contributed by atoms with Crippen molar-refractivity contribution >= 4 is 16.8 Å². The van der Waals surface area contributed by atoms with Crippen LogP contribution in [-0.2, 0) is 10.3 Å². The second kappa shape index (κ2) is 7.57. The third-order valence-corrected chi connectivity index (χ3v) is 6.36. The summed E-state index contributed by atoms with van der Waals surface area (Å²) in [6.07, 6.45) is 7.13. The van der Waals surface area contributed by atoms with Crippen molar-refractivity contribution in [2.75, 3.05) is 7.05 Å². The number of H-pyrrole nitrogens is 1. The molecule has 5 rings (SSSR count). The van der Waals surface area contributed by atoms with Crippen LogP contribution in [-0.4, -0.2) is 53.8 Å². The van der Waals surface area contributed by atoms with Gasteiger partial charge in [-0.25, -0.2) is 4.98 Å². The van der Waals surface area contributed by atoms with Crippen LogP contribution in [0.2, 0.25) is 0 Å². The summed E-state index contributed by atoms with van der Waals surface area (Å²) in [7, 11) is 1.81. The van der Waals surface area contributed by atoms with Gasteiger partial charge in [-0.05, 0) is 43.2 Å². The van der Waals surface area contributed by atoms with Gasteiger partial charge in [0.05, 0.1) is 29.2 Å². The number of hydrogen-bond donors (Lipinski definition) is 1. The number of amides is 1. The standard InChI is InChI=1S/C23H22N8O/c1-15(32)30(2)16-13-23(14-16,7-8-24)31-11-6-19(29-31)22-17-4-3-9-25-20(17)12-21(27-22)18-5-10-26-28-18/h3-6,9-12,16H,7,13-14H2,1-2H3,(H,26,28)/t16-,23-. The molecule has 160 valence electrons. The highest BCUT2D eigenvalue weighted by atomic mass is 16.2. The van der Waals surface area contributed by atoms with E-state index in [1.165, 1.54) is 0 Å². The minimum atomic E-state index is -0.421. The van der Waals surface area contributed by atoms with Crippen LogP contribution >= 0.6 is 0 Å². The molecule has 32 heavy (non-hydrogen) atoms. The van der Waals surface area contributed by atoms with Gasteiger partial charge in [-0.3, -0.25) is 19.6 Å². The number of carbonyl (C=O) groups is 1. The Hall–Kier alpha value is -4.06. The first kappa shape index (κ1) is 19.9. The molecule has 4 aromatic heterocycles. The van der Waals surface area contributed by atoms with Gasteiger partial charge < -0.3 is 4.90 Å². The summed E-state index contributed by atoms with van der Waals surface area (Å²) in [5.41, 5.74) is 3.25. The topological polar surface area (TPSA) is 116 Å². The van der Waals surface area contributed by atoms with Crippen LogP contribution in [0, 0.1) is 11.3 Å². The van der Waals surface area contributed by atoms with Crippen molar-refractivity contribution in [2.24, 2.45) is 0 Å². The Labute approximate surface area is 184 Å². The van der Waals surface area contributed by atoms with E-state index in [1.54, 1.807) is 31.3 Å². The fraction of sp³-hybridized carbons (Fsp3) is 0.304. The molecule has 1 N–H and O–H groups in total. The number of fused-ring (bicyclic) bond motifs is 1. The molecule has 0 atom stereocenters. The maximum atomic E-state index is 11.7. The number of aromatic amines is 1. The normalized spacial score (nSPS) is 20.0. The Morgan fingerprint density at radius 1 is 1.31 bits per heavy atom. The van der Waals surface area contributed by atoms with E-state index in [2.05, 4.69) is 21.3 Å². The Bertz CT molecular complexity index is 1330. The molecule has 0 spiro atoms. The van der Waals surface area contributed by atoms with E-state index in [0.29, 0.717) is 30.7 Å². The number of hydrogen-bond acceptors (Lipinski definition) is 6. The smallest absolute Gasteiger partial charge is 0.219 e. The lowest BCUT2D eigenvalue weighted by Crippen LogP contribution is -2.56. The van der Waals surface area contributed by atoms with Crippen LogP contribution in [0.1, 0.15) is 26.2 Å². The Morgan fingerprint density at radius 2 is 2.16 bits per heavy atom. The van der Waals surface area contributed by atoms with Crippen molar-refractivity contribution in [1.82, 2.24) is 34.8 Å². The van der Waals surface area contributed by atoms with Crippen LogP contribution in [0.25, 0.3) is 33.7 Å². The average molecular weight is 426 g/mol. The number of nitrogens with zero attached hydrogens (tertiary/aromatic N) is 7. The van der Waals surface area contributed by atoms with Gasteiger partial charge in [0.1, 0.15) is 17.1 Å². The van der Waals surface area contributed by atoms with Crippen LogP contribution in [0.3, 0.4) is 0 Å². The molecule has 0 aromatic carbocycles. The molecule has 4 heterocycles. The van der Waals surface area contributed by atoms with Crippen LogP contribution in [0.15, 0.2) is 48.9 Å². The Morgan fingerprint density at radius 3 is 2.88 bits per heavy atom.